The summed E-state index contributed by atoms with van der Waals surface area (Å²) in [4.78, 5) is 12.1. The molecule has 0 spiro atoms. The molecule has 1 aliphatic rings. The molecule has 0 aromatic heterocycles. The minimum absolute atomic E-state index is 0.140. The van der Waals surface area contributed by atoms with Gasteiger partial charge in [0.2, 0.25) is 0 Å². The molecule has 1 aromatic rings. The quantitative estimate of drug-likeness (QED) is 0.818. The van der Waals surface area contributed by atoms with Crippen LogP contribution in [0, 0.1) is 5.92 Å². The highest BCUT2D eigenvalue weighted by Gasteiger charge is 2.25. The molecule has 0 heterocycles. The number of anilines is 1. The van der Waals surface area contributed by atoms with E-state index in [2.05, 4.69) is 12.2 Å². The van der Waals surface area contributed by atoms with E-state index in [-0.39, 0.29) is 11.9 Å². The Hall–Kier alpha value is -0.930. The largest absolute Gasteiger partial charge is 0.397 e. The van der Waals surface area contributed by atoms with Crippen molar-refractivity contribution in [2.45, 2.75) is 32.2 Å². The van der Waals surface area contributed by atoms with Crippen molar-refractivity contribution in [3.8, 4) is 0 Å². The van der Waals surface area contributed by atoms with Gasteiger partial charge in [0, 0.05) is 11.6 Å². The van der Waals surface area contributed by atoms with E-state index in [1.165, 1.54) is 0 Å². The lowest BCUT2D eigenvalue weighted by atomic mass is 10.1. The zero-order valence-electron chi connectivity index (χ0n) is 10.2. The summed E-state index contributed by atoms with van der Waals surface area (Å²) >= 11 is 11.8. The number of rotatable bonds is 2. The molecular weight excluding hydrogens is 271 g/mol. The van der Waals surface area contributed by atoms with Gasteiger partial charge in [-0.3, -0.25) is 4.79 Å². The molecule has 0 aliphatic heterocycles. The Morgan fingerprint density at radius 1 is 1.39 bits per heavy atom. The first-order chi connectivity index (χ1) is 8.49. The number of benzene rings is 1. The first kappa shape index (κ1) is 13.5. The van der Waals surface area contributed by atoms with Crippen LogP contribution in [0.5, 0.6) is 0 Å². The van der Waals surface area contributed by atoms with Crippen LogP contribution in [-0.2, 0) is 0 Å². The summed E-state index contributed by atoms with van der Waals surface area (Å²) in [5.41, 5.74) is 6.49. The van der Waals surface area contributed by atoms with Gasteiger partial charge in [-0.25, -0.2) is 0 Å². The predicted octanol–water partition coefficient (Wildman–Crippen LogP) is 3.49. The smallest absolute Gasteiger partial charge is 0.251 e. The SMILES string of the molecule is CC1CCCC1NC(=O)c1cc(N)c(Cl)c(Cl)c1. The van der Waals surface area contributed by atoms with Crippen molar-refractivity contribution in [3.63, 3.8) is 0 Å². The van der Waals surface area contributed by atoms with Gasteiger partial charge in [-0.05, 0) is 30.9 Å². The number of hydrogen-bond donors (Lipinski definition) is 2. The van der Waals surface area contributed by atoms with Crippen molar-refractivity contribution in [2.75, 3.05) is 5.73 Å². The number of amides is 1. The van der Waals surface area contributed by atoms with Crippen LogP contribution in [0.2, 0.25) is 10.0 Å². The van der Waals surface area contributed by atoms with E-state index in [0.29, 0.717) is 27.2 Å². The molecule has 5 heteroatoms. The van der Waals surface area contributed by atoms with Crippen molar-refractivity contribution in [1.29, 1.82) is 0 Å². The van der Waals surface area contributed by atoms with Gasteiger partial charge < -0.3 is 11.1 Å². The minimum Gasteiger partial charge on any atom is -0.397 e. The van der Waals surface area contributed by atoms with Gasteiger partial charge in [0.15, 0.2) is 0 Å². The van der Waals surface area contributed by atoms with Gasteiger partial charge >= 0.3 is 0 Å². The fourth-order valence-electron chi connectivity index (χ4n) is 2.35. The molecular formula is C13H16Cl2N2O. The third kappa shape index (κ3) is 2.73. The molecule has 2 atom stereocenters. The molecule has 0 bridgehead atoms. The van der Waals surface area contributed by atoms with Crippen molar-refractivity contribution in [3.05, 3.63) is 27.7 Å². The van der Waals surface area contributed by atoms with Gasteiger partial charge in [0.05, 0.1) is 15.7 Å². The number of nitrogen functional groups attached to an aromatic ring is 1. The molecule has 1 aliphatic carbocycles. The van der Waals surface area contributed by atoms with E-state index in [1.54, 1.807) is 12.1 Å². The number of carbonyl (C=O) groups is 1. The molecule has 1 amide bonds. The summed E-state index contributed by atoms with van der Waals surface area (Å²) in [6.45, 7) is 2.15. The van der Waals surface area contributed by atoms with Crippen LogP contribution >= 0.6 is 23.2 Å². The molecule has 2 rings (SSSR count). The summed E-state index contributed by atoms with van der Waals surface area (Å²) in [5.74, 6) is 0.382. The highest BCUT2D eigenvalue weighted by atomic mass is 35.5. The lowest BCUT2D eigenvalue weighted by Crippen LogP contribution is -2.36. The number of nitrogens with one attached hydrogen (secondary N) is 1. The Kier molecular flexibility index (Phi) is 4.03. The Bertz CT molecular complexity index is 453. The average molecular weight is 287 g/mol. The highest BCUT2D eigenvalue weighted by molar-refractivity contribution is 6.43. The molecule has 1 aromatic carbocycles. The molecule has 1 saturated carbocycles. The first-order valence-corrected chi connectivity index (χ1v) is 6.80. The third-order valence-corrected chi connectivity index (χ3v) is 4.31. The maximum absolute atomic E-state index is 12.1. The fourth-order valence-corrected chi connectivity index (χ4v) is 2.69. The van der Waals surface area contributed by atoms with Crippen molar-refractivity contribution in [2.24, 2.45) is 5.92 Å². The Labute approximate surface area is 117 Å². The predicted molar refractivity (Wildman–Crippen MR) is 75.1 cm³/mol. The Morgan fingerprint density at radius 3 is 2.67 bits per heavy atom. The van der Waals surface area contributed by atoms with Crippen LogP contribution in [0.3, 0.4) is 0 Å². The standard InChI is InChI=1S/C13H16Cl2N2O/c1-7-3-2-4-11(7)17-13(18)8-5-9(14)12(15)10(16)6-8/h5-7,11H,2-4,16H2,1H3,(H,17,18). The maximum Gasteiger partial charge on any atom is 0.251 e. The molecule has 0 saturated heterocycles. The second-order valence-corrected chi connectivity index (χ2v) is 5.63. The monoisotopic (exact) mass is 286 g/mol. The fraction of sp³-hybridized carbons (Fsp3) is 0.462. The normalized spacial score (nSPS) is 23.1. The molecule has 1 fully saturated rings. The first-order valence-electron chi connectivity index (χ1n) is 6.04. The van der Waals surface area contributed by atoms with E-state index in [4.69, 9.17) is 28.9 Å². The van der Waals surface area contributed by atoms with Crippen LogP contribution in [0.25, 0.3) is 0 Å². The number of nitrogens with two attached hydrogens (primary N) is 1. The van der Waals surface area contributed by atoms with Crippen molar-refractivity contribution >= 4 is 34.8 Å². The van der Waals surface area contributed by atoms with E-state index in [9.17, 15) is 4.79 Å². The lowest BCUT2D eigenvalue weighted by Gasteiger charge is -2.17. The van der Waals surface area contributed by atoms with Gasteiger partial charge in [-0.1, -0.05) is 36.5 Å². The zero-order chi connectivity index (χ0) is 13.3. The average Bonchev–Trinajstić information content (AvgIpc) is 2.71. The summed E-state index contributed by atoms with van der Waals surface area (Å²) in [7, 11) is 0. The molecule has 3 nitrogen and oxygen atoms in total. The van der Waals surface area contributed by atoms with Crippen molar-refractivity contribution in [1.82, 2.24) is 5.32 Å². The summed E-state index contributed by atoms with van der Waals surface area (Å²) < 4.78 is 0. The third-order valence-electron chi connectivity index (χ3n) is 3.50. The zero-order valence-corrected chi connectivity index (χ0v) is 11.7. The highest BCUT2D eigenvalue weighted by Crippen LogP contribution is 2.30. The van der Waals surface area contributed by atoms with E-state index >= 15 is 0 Å². The van der Waals surface area contributed by atoms with Crippen LogP contribution in [0.15, 0.2) is 12.1 Å². The molecule has 2 unspecified atom stereocenters. The molecule has 98 valence electrons. The van der Waals surface area contributed by atoms with Crippen LogP contribution in [0.1, 0.15) is 36.5 Å². The van der Waals surface area contributed by atoms with E-state index < -0.39 is 0 Å². The topological polar surface area (TPSA) is 55.1 Å². The molecule has 0 radical (unpaired) electrons. The van der Waals surface area contributed by atoms with Gasteiger partial charge in [-0.15, -0.1) is 0 Å². The summed E-state index contributed by atoms with van der Waals surface area (Å²) in [5, 5.41) is 3.62. The van der Waals surface area contributed by atoms with Gasteiger partial charge in [-0.2, -0.15) is 0 Å². The number of halogens is 2. The van der Waals surface area contributed by atoms with Gasteiger partial charge in [0.25, 0.3) is 5.91 Å². The van der Waals surface area contributed by atoms with E-state index in [1.807, 2.05) is 0 Å². The summed E-state index contributed by atoms with van der Waals surface area (Å²) in [6, 6.07) is 3.35. The maximum atomic E-state index is 12.1. The van der Waals surface area contributed by atoms with Crippen LogP contribution in [-0.4, -0.2) is 11.9 Å². The second kappa shape index (κ2) is 5.37. The summed E-state index contributed by atoms with van der Waals surface area (Å²) in [6.07, 6.45) is 3.35. The second-order valence-electron chi connectivity index (χ2n) is 4.85. The number of hydrogen-bond acceptors (Lipinski definition) is 2. The van der Waals surface area contributed by atoms with Crippen molar-refractivity contribution < 1.29 is 4.79 Å². The Balaban J connectivity index is 2.14. The minimum atomic E-state index is -0.140. The Morgan fingerprint density at radius 2 is 2.11 bits per heavy atom. The molecule has 18 heavy (non-hydrogen) atoms. The van der Waals surface area contributed by atoms with Gasteiger partial charge in [0.1, 0.15) is 0 Å². The van der Waals surface area contributed by atoms with Crippen LogP contribution < -0.4 is 11.1 Å². The van der Waals surface area contributed by atoms with Crippen LogP contribution in [0.4, 0.5) is 5.69 Å². The number of carbonyl (C=O) groups excluding carboxylic acids is 1. The molecule has 3 N–H and O–H groups in total. The lowest BCUT2D eigenvalue weighted by molar-refractivity contribution is 0.0929. The van der Waals surface area contributed by atoms with E-state index in [0.717, 1.165) is 19.3 Å².